The van der Waals surface area contributed by atoms with Gasteiger partial charge in [0, 0.05) is 11.1 Å². The summed E-state index contributed by atoms with van der Waals surface area (Å²) in [4.78, 5) is 22.3. The number of aromatic nitrogens is 3. The van der Waals surface area contributed by atoms with E-state index in [-0.39, 0.29) is 17.2 Å². The lowest BCUT2D eigenvalue weighted by Crippen LogP contribution is -2.14. The van der Waals surface area contributed by atoms with Crippen LogP contribution in [-0.2, 0) is 6.18 Å². The molecule has 0 aliphatic carbocycles. The Morgan fingerprint density at radius 2 is 1.77 bits per heavy atom. The number of hydrogen-bond donors (Lipinski definition) is 1. The van der Waals surface area contributed by atoms with Crippen LogP contribution in [-0.4, -0.2) is 22.1 Å². The van der Waals surface area contributed by atoms with E-state index in [1.54, 1.807) is 18.2 Å². The van der Waals surface area contributed by atoms with Crippen molar-refractivity contribution in [3.63, 3.8) is 0 Å². The van der Waals surface area contributed by atoms with Gasteiger partial charge in [0.25, 0.3) is 0 Å². The van der Waals surface area contributed by atoms with Crippen molar-refractivity contribution in [2.75, 3.05) is 7.11 Å². The Bertz CT molecular complexity index is 1000. The topological polar surface area (TPSA) is 67.9 Å². The van der Waals surface area contributed by atoms with Crippen molar-refractivity contribution in [1.29, 1.82) is 0 Å². The van der Waals surface area contributed by atoms with Gasteiger partial charge in [-0.25, -0.2) is 9.78 Å². The molecule has 2 aromatic carbocycles. The molecular formula is C17H11ClF3N3O2. The second-order valence-electron chi connectivity index (χ2n) is 5.25. The van der Waals surface area contributed by atoms with Gasteiger partial charge in [0.15, 0.2) is 5.82 Å². The predicted octanol–water partition coefficient (Wildman–Crippen LogP) is 4.18. The van der Waals surface area contributed by atoms with Crippen LogP contribution >= 0.6 is 11.6 Å². The molecule has 5 nitrogen and oxygen atoms in total. The molecule has 0 aliphatic heterocycles. The summed E-state index contributed by atoms with van der Waals surface area (Å²) in [5.74, 6) is 0.611. The normalized spacial score (nSPS) is 11.4. The van der Waals surface area contributed by atoms with Gasteiger partial charge in [-0.3, -0.25) is 4.98 Å². The summed E-state index contributed by atoms with van der Waals surface area (Å²) in [6.45, 7) is 0. The zero-order valence-electron chi connectivity index (χ0n) is 13.3. The molecule has 0 aliphatic rings. The standard InChI is InChI=1S/C17H11ClF3N3O2/c1-26-11-6-7-13(18)12(8-11)15-22-14(23-16(25)24-15)9-2-4-10(5-3-9)17(19,20)21/h2-8H,1H3,(H,22,23,24,25). The van der Waals surface area contributed by atoms with Gasteiger partial charge in [-0.1, -0.05) is 23.7 Å². The summed E-state index contributed by atoms with van der Waals surface area (Å²) in [6.07, 6.45) is -4.45. The molecule has 1 aromatic heterocycles. The highest BCUT2D eigenvalue weighted by atomic mass is 35.5. The van der Waals surface area contributed by atoms with Crippen LogP contribution in [0.1, 0.15) is 5.56 Å². The summed E-state index contributed by atoms with van der Waals surface area (Å²) in [7, 11) is 1.48. The minimum absolute atomic E-state index is 0.0173. The highest BCUT2D eigenvalue weighted by Gasteiger charge is 2.30. The summed E-state index contributed by atoms with van der Waals surface area (Å²) < 4.78 is 43.1. The molecule has 1 heterocycles. The second kappa shape index (κ2) is 6.80. The lowest BCUT2D eigenvalue weighted by molar-refractivity contribution is -0.137. The number of nitrogens with zero attached hydrogens (tertiary/aromatic N) is 2. The van der Waals surface area contributed by atoms with Crippen LogP contribution in [0.25, 0.3) is 22.8 Å². The first-order chi connectivity index (χ1) is 12.3. The van der Waals surface area contributed by atoms with Gasteiger partial charge in [0.1, 0.15) is 11.6 Å². The number of H-pyrrole nitrogens is 1. The average Bonchev–Trinajstić information content (AvgIpc) is 2.61. The Labute approximate surface area is 150 Å². The summed E-state index contributed by atoms with van der Waals surface area (Å²) in [5, 5.41) is 0.318. The molecule has 0 amide bonds. The first-order valence-corrected chi connectivity index (χ1v) is 7.65. The molecule has 26 heavy (non-hydrogen) atoms. The van der Waals surface area contributed by atoms with Crippen molar-refractivity contribution in [3.8, 4) is 28.5 Å². The Morgan fingerprint density at radius 3 is 2.38 bits per heavy atom. The van der Waals surface area contributed by atoms with Gasteiger partial charge in [0.05, 0.1) is 17.7 Å². The second-order valence-corrected chi connectivity index (χ2v) is 5.65. The molecule has 134 valence electrons. The van der Waals surface area contributed by atoms with E-state index in [9.17, 15) is 18.0 Å². The Morgan fingerprint density at radius 1 is 1.08 bits per heavy atom. The molecule has 1 N–H and O–H groups in total. The Balaban J connectivity index is 2.08. The zero-order valence-corrected chi connectivity index (χ0v) is 14.0. The van der Waals surface area contributed by atoms with Crippen molar-refractivity contribution in [2.45, 2.75) is 6.18 Å². The zero-order chi connectivity index (χ0) is 18.9. The Kier molecular flexibility index (Phi) is 4.69. The van der Waals surface area contributed by atoms with E-state index in [4.69, 9.17) is 16.3 Å². The molecular weight excluding hydrogens is 371 g/mol. The fraction of sp³-hybridized carbons (Fsp3) is 0.118. The lowest BCUT2D eigenvalue weighted by atomic mass is 10.1. The highest BCUT2D eigenvalue weighted by molar-refractivity contribution is 6.33. The van der Waals surface area contributed by atoms with E-state index in [1.807, 2.05) is 0 Å². The highest BCUT2D eigenvalue weighted by Crippen LogP contribution is 2.31. The smallest absolute Gasteiger partial charge is 0.416 e. The molecule has 9 heteroatoms. The molecule has 0 saturated heterocycles. The van der Waals surface area contributed by atoms with E-state index < -0.39 is 17.4 Å². The van der Waals surface area contributed by atoms with E-state index in [1.165, 1.54) is 19.2 Å². The van der Waals surface area contributed by atoms with Crippen molar-refractivity contribution < 1.29 is 17.9 Å². The van der Waals surface area contributed by atoms with Crippen molar-refractivity contribution in [1.82, 2.24) is 15.0 Å². The predicted molar refractivity (Wildman–Crippen MR) is 90.1 cm³/mol. The number of ether oxygens (including phenoxy) is 1. The van der Waals surface area contributed by atoms with Crippen molar-refractivity contribution >= 4 is 11.6 Å². The van der Waals surface area contributed by atoms with Crippen LogP contribution in [0.3, 0.4) is 0 Å². The molecule has 0 unspecified atom stereocenters. The van der Waals surface area contributed by atoms with E-state index in [0.717, 1.165) is 12.1 Å². The number of aromatic amines is 1. The number of hydrogen-bond acceptors (Lipinski definition) is 4. The SMILES string of the molecule is COc1ccc(Cl)c(-c2nc(-c3ccc(C(F)(F)F)cc3)nc(=O)[nH]2)c1. The minimum atomic E-state index is -4.45. The quantitative estimate of drug-likeness (QED) is 0.739. The fourth-order valence-electron chi connectivity index (χ4n) is 2.26. The van der Waals surface area contributed by atoms with Gasteiger partial charge >= 0.3 is 11.9 Å². The number of benzene rings is 2. The maximum absolute atomic E-state index is 12.7. The summed E-state index contributed by atoms with van der Waals surface area (Å²) >= 11 is 6.15. The van der Waals surface area contributed by atoms with Crippen LogP contribution < -0.4 is 10.4 Å². The first kappa shape index (κ1) is 17.9. The summed E-state index contributed by atoms with van der Waals surface area (Å²) in [6, 6.07) is 9.01. The van der Waals surface area contributed by atoms with Gasteiger partial charge in [0.2, 0.25) is 0 Å². The third kappa shape index (κ3) is 3.70. The number of alkyl halides is 3. The first-order valence-electron chi connectivity index (χ1n) is 7.28. The lowest BCUT2D eigenvalue weighted by Gasteiger charge is -2.09. The minimum Gasteiger partial charge on any atom is -0.497 e. The molecule has 0 fully saturated rings. The Hall–Kier alpha value is -2.87. The van der Waals surface area contributed by atoms with Crippen molar-refractivity contribution in [3.05, 3.63) is 63.5 Å². The monoisotopic (exact) mass is 381 g/mol. The van der Waals surface area contributed by atoms with E-state index in [0.29, 0.717) is 16.3 Å². The molecule has 0 saturated carbocycles. The third-order valence-corrected chi connectivity index (χ3v) is 3.88. The number of nitrogens with one attached hydrogen (secondary N) is 1. The molecule has 0 bridgehead atoms. The average molecular weight is 382 g/mol. The maximum atomic E-state index is 12.7. The van der Waals surface area contributed by atoms with Gasteiger partial charge in [-0.05, 0) is 30.3 Å². The molecule has 0 spiro atoms. The van der Waals surface area contributed by atoms with Crippen LogP contribution in [0.15, 0.2) is 47.3 Å². The molecule has 0 radical (unpaired) electrons. The van der Waals surface area contributed by atoms with Crippen LogP contribution in [0.5, 0.6) is 5.75 Å². The van der Waals surface area contributed by atoms with Gasteiger partial charge in [-0.15, -0.1) is 0 Å². The fourth-order valence-corrected chi connectivity index (χ4v) is 2.47. The van der Waals surface area contributed by atoms with E-state index in [2.05, 4.69) is 15.0 Å². The maximum Gasteiger partial charge on any atom is 0.416 e. The van der Waals surface area contributed by atoms with Gasteiger partial charge < -0.3 is 4.74 Å². The molecule has 3 rings (SSSR count). The summed E-state index contributed by atoms with van der Waals surface area (Å²) in [5.41, 5.74) is -0.839. The third-order valence-electron chi connectivity index (χ3n) is 3.55. The van der Waals surface area contributed by atoms with Crippen LogP contribution in [0.2, 0.25) is 5.02 Å². The van der Waals surface area contributed by atoms with Crippen molar-refractivity contribution in [2.24, 2.45) is 0 Å². The molecule has 0 atom stereocenters. The largest absolute Gasteiger partial charge is 0.497 e. The molecule has 3 aromatic rings. The van der Waals surface area contributed by atoms with Crippen LogP contribution in [0.4, 0.5) is 13.2 Å². The number of rotatable bonds is 3. The van der Waals surface area contributed by atoms with E-state index >= 15 is 0 Å². The number of methoxy groups -OCH3 is 1. The van der Waals surface area contributed by atoms with Gasteiger partial charge in [-0.2, -0.15) is 18.2 Å². The number of halogens is 4. The van der Waals surface area contributed by atoms with Crippen LogP contribution in [0, 0.1) is 0 Å².